The molecule has 2 rings (SSSR count). The van der Waals surface area contributed by atoms with Gasteiger partial charge in [0.2, 0.25) is 0 Å². The van der Waals surface area contributed by atoms with Crippen molar-refractivity contribution in [3.63, 3.8) is 0 Å². The van der Waals surface area contributed by atoms with Crippen LogP contribution < -0.4 is 0 Å². The minimum Gasteiger partial charge on any atom is -0.379 e. The molecule has 126 valence electrons. The highest BCUT2D eigenvalue weighted by Crippen LogP contribution is 2.42. The van der Waals surface area contributed by atoms with Crippen LogP contribution in [0, 0.1) is 11.3 Å². The van der Waals surface area contributed by atoms with E-state index in [0.29, 0.717) is 5.41 Å². The van der Waals surface area contributed by atoms with Crippen molar-refractivity contribution in [3.05, 3.63) is 0 Å². The second-order valence-electron chi connectivity index (χ2n) is 7.36. The van der Waals surface area contributed by atoms with Gasteiger partial charge in [0.1, 0.15) is 0 Å². The third-order valence-corrected chi connectivity index (χ3v) is 7.53. The summed E-state index contributed by atoms with van der Waals surface area (Å²) >= 11 is 0. The van der Waals surface area contributed by atoms with Crippen molar-refractivity contribution < 1.29 is 4.74 Å². The summed E-state index contributed by atoms with van der Waals surface area (Å²) in [7, 11) is 0.120. The van der Waals surface area contributed by atoms with Gasteiger partial charge in [-0.25, -0.2) is 10.9 Å². The lowest BCUT2D eigenvalue weighted by Crippen LogP contribution is -2.43. The first-order valence-corrected chi connectivity index (χ1v) is 10.9. The predicted octanol–water partition coefficient (Wildman–Crippen LogP) is 3.01. The van der Waals surface area contributed by atoms with E-state index >= 15 is 0 Å². The average Bonchev–Trinajstić information content (AvgIpc) is 2.49. The summed E-state index contributed by atoms with van der Waals surface area (Å²) in [5, 5.41) is 0. The molecule has 0 bridgehead atoms. The highest BCUT2D eigenvalue weighted by atomic mass is 32.2. The second kappa shape index (κ2) is 8.19. The van der Waals surface area contributed by atoms with Crippen molar-refractivity contribution in [2.24, 2.45) is 11.3 Å². The smallest absolute Gasteiger partial charge is 0.0594 e. The van der Waals surface area contributed by atoms with Gasteiger partial charge in [-0.3, -0.25) is 9.80 Å². The Kier molecular flexibility index (Phi) is 6.85. The summed E-state index contributed by atoms with van der Waals surface area (Å²) in [5.41, 5.74) is 0.622. The first-order chi connectivity index (χ1) is 10.1. The zero-order valence-corrected chi connectivity index (χ0v) is 15.5. The van der Waals surface area contributed by atoms with Gasteiger partial charge >= 0.3 is 0 Å². The predicted molar refractivity (Wildman–Crippen MR) is 95.4 cm³/mol. The van der Waals surface area contributed by atoms with Gasteiger partial charge in [-0.2, -0.15) is 0 Å². The number of thiol groups is 1. The van der Waals surface area contributed by atoms with Crippen LogP contribution in [-0.2, 0) is 4.74 Å². The van der Waals surface area contributed by atoms with Crippen LogP contribution in [-0.4, -0.2) is 67.2 Å². The molecule has 0 spiro atoms. The third-order valence-electron chi connectivity index (χ3n) is 5.77. The molecule has 2 fully saturated rings. The maximum absolute atomic E-state index is 5.44. The Morgan fingerprint density at radius 1 is 1.00 bits per heavy atom. The molecule has 2 aliphatic heterocycles. The molecular weight excluding hydrogens is 280 g/mol. The molecule has 0 saturated carbocycles. The van der Waals surface area contributed by atoms with Gasteiger partial charge in [-0.05, 0) is 43.5 Å². The molecule has 2 heterocycles. The topological polar surface area (TPSA) is 15.7 Å². The van der Waals surface area contributed by atoms with Crippen LogP contribution in [0.15, 0.2) is 0 Å². The minimum absolute atomic E-state index is 0.120. The number of likely N-dealkylation sites (tertiary alicyclic amines) is 1. The number of piperidine rings is 1. The quantitative estimate of drug-likeness (QED) is 0.759. The molecule has 0 aromatic heterocycles. The zero-order chi connectivity index (χ0) is 15.3. The number of rotatable bonds is 6. The van der Waals surface area contributed by atoms with Gasteiger partial charge in [-0.15, -0.1) is 0 Å². The van der Waals surface area contributed by atoms with E-state index in [9.17, 15) is 0 Å². The van der Waals surface area contributed by atoms with Gasteiger partial charge in [0.05, 0.1) is 13.2 Å². The number of morpholine rings is 1. The standard InChI is InChI=1S/C17H36N2OS/c1-5-17(16(2)3)6-8-18(9-7-17)14-21(4)15-19-10-12-20-13-11-19/h16,21H,5-15H2,1-4H3. The summed E-state index contributed by atoms with van der Waals surface area (Å²) < 4.78 is 5.44. The van der Waals surface area contributed by atoms with Crippen molar-refractivity contribution in [1.29, 1.82) is 0 Å². The van der Waals surface area contributed by atoms with Gasteiger partial charge in [0.15, 0.2) is 0 Å². The Morgan fingerprint density at radius 2 is 1.52 bits per heavy atom. The summed E-state index contributed by atoms with van der Waals surface area (Å²) in [5.74, 6) is 3.48. The zero-order valence-electron chi connectivity index (χ0n) is 14.6. The summed E-state index contributed by atoms with van der Waals surface area (Å²) in [6.45, 7) is 14.0. The molecule has 21 heavy (non-hydrogen) atoms. The van der Waals surface area contributed by atoms with E-state index < -0.39 is 0 Å². The normalized spacial score (nSPS) is 27.0. The van der Waals surface area contributed by atoms with E-state index in [4.69, 9.17) is 4.74 Å². The fraction of sp³-hybridized carbons (Fsp3) is 1.00. The Morgan fingerprint density at radius 3 is 2.00 bits per heavy atom. The van der Waals surface area contributed by atoms with Gasteiger partial charge in [0, 0.05) is 24.8 Å². The molecule has 0 N–H and O–H groups in total. The highest BCUT2D eigenvalue weighted by molar-refractivity contribution is 8.16. The number of ether oxygens (including phenoxy) is 1. The average molecular weight is 317 g/mol. The van der Waals surface area contributed by atoms with Crippen LogP contribution in [0.2, 0.25) is 0 Å². The molecule has 4 heteroatoms. The van der Waals surface area contributed by atoms with E-state index in [-0.39, 0.29) is 10.9 Å². The molecule has 1 unspecified atom stereocenters. The summed E-state index contributed by atoms with van der Waals surface area (Å²) in [6.07, 6.45) is 6.64. The Bertz CT molecular complexity index is 297. The first-order valence-electron chi connectivity index (χ1n) is 8.77. The summed E-state index contributed by atoms with van der Waals surface area (Å²) in [4.78, 5) is 5.34. The van der Waals surface area contributed by atoms with Crippen LogP contribution >= 0.6 is 10.9 Å². The van der Waals surface area contributed by atoms with Crippen molar-refractivity contribution in [2.75, 3.05) is 57.4 Å². The number of hydrogen-bond donors (Lipinski definition) is 1. The highest BCUT2D eigenvalue weighted by Gasteiger charge is 2.35. The molecule has 2 aliphatic rings. The largest absolute Gasteiger partial charge is 0.379 e. The Balaban J connectivity index is 1.72. The monoisotopic (exact) mass is 316 g/mol. The van der Waals surface area contributed by atoms with Gasteiger partial charge < -0.3 is 4.74 Å². The number of hydrogen-bond acceptors (Lipinski definition) is 3. The lowest BCUT2D eigenvalue weighted by molar-refractivity contribution is 0.0467. The van der Waals surface area contributed by atoms with Crippen LogP contribution in [0.5, 0.6) is 0 Å². The third kappa shape index (κ3) is 4.85. The molecule has 0 aromatic carbocycles. The van der Waals surface area contributed by atoms with Gasteiger partial charge in [0.25, 0.3) is 0 Å². The molecule has 2 saturated heterocycles. The maximum Gasteiger partial charge on any atom is 0.0594 e. The van der Waals surface area contributed by atoms with Crippen molar-refractivity contribution >= 4 is 10.9 Å². The van der Waals surface area contributed by atoms with Crippen LogP contribution in [0.3, 0.4) is 0 Å². The lowest BCUT2D eigenvalue weighted by Gasteiger charge is -2.45. The molecule has 1 atom stereocenters. The van der Waals surface area contributed by atoms with Crippen molar-refractivity contribution in [3.8, 4) is 0 Å². The van der Waals surface area contributed by atoms with Gasteiger partial charge in [-0.1, -0.05) is 27.2 Å². The second-order valence-corrected chi connectivity index (χ2v) is 9.64. The Hall–Kier alpha value is 0.230. The lowest BCUT2D eigenvalue weighted by atomic mass is 9.68. The molecule has 0 radical (unpaired) electrons. The van der Waals surface area contributed by atoms with Crippen molar-refractivity contribution in [2.45, 2.75) is 40.0 Å². The summed E-state index contributed by atoms with van der Waals surface area (Å²) in [6, 6.07) is 0. The van der Waals surface area contributed by atoms with E-state index in [1.54, 1.807) is 0 Å². The maximum atomic E-state index is 5.44. The van der Waals surface area contributed by atoms with Crippen LogP contribution in [0.4, 0.5) is 0 Å². The molecule has 0 amide bonds. The fourth-order valence-corrected chi connectivity index (χ4v) is 5.97. The molecule has 3 nitrogen and oxygen atoms in total. The number of nitrogens with zero attached hydrogens (tertiary/aromatic N) is 2. The first kappa shape index (κ1) is 17.6. The van der Waals surface area contributed by atoms with Crippen LogP contribution in [0.1, 0.15) is 40.0 Å². The Labute approximate surface area is 134 Å². The van der Waals surface area contributed by atoms with Crippen LogP contribution in [0.25, 0.3) is 0 Å². The molecule has 0 aromatic rings. The van der Waals surface area contributed by atoms with E-state index in [1.807, 2.05) is 0 Å². The molecule has 0 aliphatic carbocycles. The van der Waals surface area contributed by atoms with E-state index in [2.05, 4.69) is 36.8 Å². The fourth-order valence-electron chi connectivity index (χ4n) is 3.95. The van der Waals surface area contributed by atoms with Crippen molar-refractivity contribution in [1.82, 2.24) is 9.80 Å². The van der Waals surface area contributed by atoms with E-state index in [1.165, 1.54) is 44.1 Å². The van der Waals surface area contributed by atoms with E-state index in [0.717, 1.165) is 32.2 Å². The molecular formula is C17H36N2OS. The minimum atomic E-state index is 0.120. The SMILES string of the molecule is CCC1(C(C)C)CCN(C[SH](C)CN2CCOCC2)CC1.